The van der Waals surface area contributed by atoms with Crippen LogP contribution in [-0.4, -0.2) is 39.5 Å². The number of carbonyl (C=O) groups is 5. The molecule has 0 spiro atoms. The van der Waals surface area contributed by atoms with Gasteiger partial charge >= 0.3 is 0 Å². The van der Waals surface area contributed by atoms with E-state index in [4.69, 9.17) is 4.74 Å². The third kappa shape index (κ3) is 4.25. The van der Waals surface area contributed by atoms with Crippen molar-refractivity contribution in [1.29, 1.82) is 0 Å². The Kier molecular flexibility index (Phi) is 5.85. The van der Waals surface area contributed by atoms with Crippen LogP contribution in [0.15, 0.2) is 91.0 Å². The molecule has 1 N–H and O–H groups in total. The molecule has 0 saturated carbocycles. The Bertz CT molecular complexity index is 1820. The van der Waals surface area contributed by atoms with Gasteiger partial charge in [0.05, 0.1) is 38.9 Å². The summed E-state index contributed by atoms with van der Waals surface area (Å²) in [7, 11) is 0. The van der Waals surface area contributed by atoms with Gasteiger partial charge in [-0.05, 0) is 54.6 Å². The highest BCUT2D eigenvalue weighted by molar-refractivity contribution is 6.34. The highest BCUT2D eigenvalue weighted by Gasteiger charge is 2.39. The van der Waals surface area contributed by atoms with E-state index in [1.165, 1.54) is 78.9 Å². The van der Waals surface area contributed by atoms with Gasteiger partial charge in [-0.3, -0.25) is 39.5 Å². The van der Waals surface area contributed by atoms with Crippen LogP contribution in [0.25, 0.3) is 0 Å². The van der Waals surface area contributed by atoms with E-state index < -0.39 is 34.5 Å². The molecule has 0 radical (unpaired) electrons. The first-order valence-electron chi connectivity index (χ1n) is 12.1. The number of rotatable bonds is 6. The Balaban J connectivity index is 1.22. The number of non-ortho nitro benzene ring substituents is 1. The third-order valence-corrected chi connectivity index (χ3v) is 6.50. The zero-order valence-electron chi connectivity index (χ0n) is 20.8. The fourth-order valence-electron chi connectivity index (χ4n) is 4.56. The first-order valence-corrected chi connectivity index (χ1v) is 12.1. The molecule has 0 aliphatic carbocycles. The van der Waals surface area contributed by atoms with Crippen molar-refractivity contribution in [3.05, 3.63) is 129 Å². The maximum Gasteiger partial charge on any atom is 0.280 e. The number of amides is 5. The number of anilines is 1. The number of ether oxygens (including phenoxy) is 1. The third-order valence-electron chi connectivity index (χ3n) is 6.50. The summed E-state index contributed by atoms with van der Waals surface area (Å²) in [5, 5.41) is 11.7. The predicted molar refractivity (Wildman–Crippen MR) is 142 cm³/mol. The zero-order chi connectivity index (χ0) is 28.8. The number of nitro benzene ring substituents is 1. The highest BCUT2D eigenvalue weighted by atomic mass is 16.6. The van der Waals surface area contributed by atoms with E-state index in [1.54, 1.807) is 12.1 Å². The number of imide groups is 2. The fourth-order valence-corrected chi connectivity index (χ4v) is 4.56. The van der Waals surface area contributed by atoms with Gasteiger partial charge in [-0.2, -0.15) is 5.01 Å². The second-order valence-corrected chi connectivity index (χ2v) is 8.99. The van der Waals surface area contributed by atoms with Crippen molar-refractivity contribution in [3.63, 3.8) is 0 Å². The largest absolute Gasteiger partial charge is 0.457 e. The Morgan fingerprint density at radius 2 is 1.32 bits per heavy atom. The molecular formula is C29H16N4O8. The van der Waals surface area contributed by atoms with Crippen LogP contribution in [0.5, 0.6) is 11.5 Å². The molecule has 0 atom stereocenters. The molecule has 12 nitrogen and oxygen atoms in total. The Morgan fingerprint density at radius 1 is 0.683 bits per heavy atom. The first kappa shape index (κ1) is 25.1. The lowest BCUT2D eigenvalue weighted by atomic mass is 10.1. The SMILES string of the molecule is O=C(NN1C(=O)c2ccccc2C1=O)c1cccc(N2C(=O)c3ccc(Oc4cccc([N+](=O)[O-])c4)cc3C2=O)c1. The number of hydrazine groups is 1. The van der Waals surface area contributed by atoms with E-state index in [0.29, 0.717) is 5.01 Å². The number of fused-ring (bicyclic) bond motifs is 2. The van der Waals surface area contributed by atoms with Gasteiger partial charge in [0, 0.05) is 11.6 Å². The average Bonchev–Trinajstić information content (AvgIpc) is 3.37. The lowest BCUT2D eigenvalue weighted by molar-refractivity contribution is -0.384. The molecule has 2 aliphatic heterocycles. The van der Waals surface area contributed by atoms with Crippen LogP contribution in [0, 0.1) is 10.1 Å². The highest BCUT2D eigenvalue weighted by Crippen LogP contribution is 2.33. The molecular weight excluding hydrogens is 532 g/mol. The van der Waals surface area contributed by atoms with Crippen LogP contribution in [0.4, 0.5) is 11.4 Å². The first-order chi connectivity index (χ1) is 19.7. The second-order valence-electron chi connectivity index (χ2n) is 8.99. The molecule has 12 heteroatoms. The van der Waals surface area contributed by atoms with Crippen LogP contribution < -0.4 is 15.1 Å². The molecule has 200 valence electrons. The number of nitrogens with zero attached hydrogens (tertiary/aromatic N) is 3. The summed E-state index contributed by atoms with van der Waals surface area (Å²) < 4.78 is 5.67. The van der Waals surface area contributed by atoms with Gasteiger partial charge in [-0.15, -0.1) is 0 Å². The summed E-state index contributed by atoms with van der Waals surface area (Å²) in [6, 6.07) is 21.5. The molecule has 41 heavy (non-hydrogen) atoms. The Hall–Kier alpha value is -6.17. The molecule has 2 aliphatic rings. The number of benzene rings is 4. The van der Waals surface area contributed by atoms with Crippen molar-refractivity contribution in [2.45, 2.75) is 0 Å². The Morgan fingerprint density at radius 3 is 2.02 bits per heavy atom. The van der Waals surface area contributed by atoms with Crippen molar-refractivity contribution in [3.8, 4) is 11.5 Å². The molecule has 4 aromatic carbocycles. The maximum atomic E-state index is 13.3. The molecule has 0 saturated heterocycles. The lowest BCUT2D eigenvalue weighted by Crippen LogP contribution is -2.45. The smallest absolute Gasteiger partial charge is 0.280 e. The van der Waals surface area contributed by atoms with Gasteiger partial charge in [-0.1, -0.05) is 24.3 Å². The normalized spacial score (nSPS) is 13.8. The van der Waals surface area contributed by atoms with E-state index >= 15 is 0 Å². The molecule has 0 aromatic heterocycles. The minimum atomic E-state index is -0.800. The summed E-state index contributed by atoms with van der Waals surface area (Å²) in [6.07, 6.45) is 0. The molecule has 5 amide bonds. The number of nitrogens with one attached hydrogen (secondary N) is 1. The number of nitro groups is 1. The summed E-state index contributed by atoms with van der Waals surface area (Å²) in [6.45, 7) is 0. The van der Waals surface area contributed by atoms with Crippen LogP contribution in [0.1, 0.15) is 51.8 Å². The quantitative estimate of drug-likeness (QED) is 0.214. The molecule has 0 fully saturated rings. The van der Waals surface area contributed by atoms with Crippen LogP contribution in [0.3, 0.4) is 0 Å². The average molecular weight is 548 g/mol. The van der Waals surface area contributed by atoms with Crippen LogP contribution in [-0.2, 0) is 0 Å². The minimum absolute atomic E-state index is 0.00898. The van der Waals surface area contributed by atoms with Gasteiger partial charge in [0.15, 0.2) is 0 Å². The van der Waals surface area contributed by atoms with Gasteiger partial charge in [0.2, 0.25) is 0 Å². The zero-order valence-corrected chi connectivity index (χ0v) is 20.8. The predicted octanol–water partition coefficient (Wildman–Crippen LogP) is 4.13. The van der Waals surface area contributed by atoms with E-state index in [1.807, 2.05) is 0 Å². The minimum Gasteiger partial charge on any atom is -0.457 e. The number of hydrogen-bond donors (Lipinski definition) is 1. The van der Waals surface area contributed by atoms with E-state index in [0.717, 1.165) is 4.90 Å². The number of hydrogen-bond acceptors (Lipinski definition) is 8. The molecule has 0 bridgehead atoms. The summed E-state index contributed by atoms with van der Waals surface area (Å²) in [5.41, 5.74) is 2.65. The second kappa shape index (κ2) is 9.54. The van der Waals surface area contributed by atoms with E-state index in [2.05, 4.69) is 5.43 Å². The van der Waals surface area contributed by atoms with E-state index in [-0.39, 0.29) is 50.7 Å². The van der Waals surface area contributed by atoms with Crippen molar-refractivity contribution in [1.82, 2.24) is 10.4 Å². The maximum absolute atomic E-state index is 13.3. The van der Waals surface area contributed by atoms with Crippen molar-refractivity contribution < 1.29 is 33.6 Å². The summed E-state index contributed by atoms with van der Waals surface area (Å²) >= 11 is 0. The topological polar surface area (TPSA) is 156 Å². The lowest BCUT2D eigenvalue weighted by Gasteiger charge is -2.17. The van der Waals surface area contributed by atoms with Gasteiger partial charge in [0.1, 0.15) is 11.5 Å². The van der Waals surface area contributed by atoms with E-state index in [9.17, 15) is 34.1 Å². The van der Waals surface area contributed by atoms with Crippen LogP contribution >= 0.6 is 0 Å². The van der Waals surface area contributed by atoms with Gasteiger partial charge in [0.25, 0.3) is 35.2 Å². The Labute approximate surface area is 230 Å². The fraction of sp³-hybridized carbons (Fsp3) is 0. The monoisotopic (exact) mass is 548 g/mol. The van der Waals surface area contributed by atoms with Gasteiger partial charge in [-0.25, -0.2) is 4.90 Å². The standard InChI is InChI=1S/C29H16N4O8/c34-25(30-32-28(37)21-9-1-2-10-22(21)29(32)38)16-5-3-6-17(13-16)31-26(35)23-12-11-20(15-24(23)27(31)36)41-19-8-4-7-18(14-19)33(39)40/h1-15H,(H,30,34). The number of carbonyl (C=O) groups excluding carboxylic acids is 5. The van der Waals surface area contributed by atoms with Crippen molar-refractivity contribution in [2.24, 2.45) is 0 Å². The molecule has 4 aromatic rings. The van der Waals surface area contributed by atoms with Crippen molar-refractivity contribution in [2.75, 3.05) is 4.90 Å². The molecule has 2 heterocycles. The van der Waals surface area contributed by atoms with Gasteiger partial charge < -0.3 is 4.74 Å². The molecule has 6 rings (SSSR count). The molecule has 0 unspecified atom stereocenters. The van der Waals surface area contributed by atoms with Crippen molar-refractivity contribution >= 4 is 40.9 Å². The summed E-state index contributed by atoms with van der Waals surface area (Å²) in [4.78, 5) is 76.0. The van der Waals surface area contributed by atoms with Crippen LogP contribution in [0.2, 0.25) is 0 Å². The summed E-state index contributed by atoms with van der Waals surface area (Å²) in [5.74, 6) is -3.12.